The van der Waals surface area contributed by atoms with Gasteiger partial charge in [0.15, 0.2) is 0 Å². The van der Waals surface area contributed by atoms with Gasteiger partial charge in [-0.25, -0.2) is 0 Å². The summed E-state index contributed by atoms with van der Waals surface area (Å²) in [6, 6.07) is 0. The van der Waals surface area contributed by atoms with Gasteiger partial charge >= 0.3 is 5.97 Å². The molecule has 0 saturated heterocycles. The van der Waals surface area contributed by atoms with Crippen molar-refractivity contribution in [2.24, 2.45) is 0 Å². The second kappa shape index (κ2) is 5.44. The van der Waals surface area contributed by atoms with E-state index >= 15 is 0 Å². The average Bonchev–Trinajstić information content (AvgIpc) is 2.02. The second-order valence-corrected chi connectivity index (χ2v) is 2.70. The molecule has 0 aliphatic rings. The molecule has 0 amide bonds. The normalized spacial score (nSPS) is 12.5. The van der Waals surface area contributed by atoms with Crippen molar-refractivity contribution in [3.8, 4) is 0 Å². The van der Waals surface area contributed by atoms with Crippen LogP contribution in [0, 0.1) is 0 Å². The maximum atomic E-state index is 9.59. The van der Waals surface area contributed by atoms with Crippen molar-refractivity contribution in [2.75, 3.05) is 21.3 Å². The van der Waals surface area contributed by atoms with Gasteiger partial charge in [-0.3, -0.25) is 0 Å². The number of methoxy groups -OCH3 is 3. The molecule has 0 spiro atoms. The minimum Gasteiger partial charge on any atom is -0.370 e. The van der Waals surface area contributed by atoms with Gasteiger partial charge in [0, 0.05) is 47.2 Å². The maximum Gasteiger partial charge on any atom is 0.310 e. The van der Waals surface area contributed by atoms with Gasteiger partial charge in [0.25, 0.3) is 0 Å². The van der Waals surface area contributed by atoms with Crippen LogP contribution in [0.3, 0.4) is 0 Å². The average molecular weight is 343 g/mol. The molecule has 0 aromatic rings. The predicted molar refractivity (Wildman–Crippen MR) is 40.1 cm³/mol. The van der Waals surface area contributed by atoms with Crippen molar-refractivity contribution in [3.63, 3.8) is 0 Å². The van der Waals surface area contributed by atoms with Gasteiger partial charge in [-0.1, -0.05) is 0 Å². The first-order chi connectivity index (χ1) is 4.93. The van der Waals surface area contributed by atoms with E-state index < -0.39 is 11.6 Å². The summed E-state index contributed by atoms with van der Waals surface area (Å²) in [6.07, 6.45) is 0. The SMILES string of the molecule is COC(C)(C)C(O)(OC)OC.[Hf]. The molecule has 0 aromatic carbocycles. The Morgan fingerprint density at radius 2 is 1.25 bits per heavy atom. The van der Waals surface area contributed by atoms with Gasteiger partial charge in [0.05, 0.1) is 0 Å². The summed E-state index contributed by atoms with van der Waals surface area (Å²) < 4.78 is 14.5. The molecule has 0 aromatic heterocycles. The van der Waals surface area contributed by atoms with Gasteiger partial charge in [0.2, 0.25) is 0 Å². The summed E-state index contributed by atoms with van der Waals surface area (Å²) in [5, 5.41) is 9.59. The van der Waals surface area contributed by atoms with Gasteiger partial charge in [-0.15, -0.1) is 0 Å². The van der Waals surface area contributed by atoms with E-state index in [2.05, 4.69) is 0 Å². The standard InChI is InChI=1S/C7H16O4.Hf/c1-6(2,9-3)7(8,10-4)11-5;/h8H,1-5H3;. The summed E-state index contributed by atoms with van der Waals surface area (Å²) >= 11 is 0. The van der Waals surface area contributed by atoms with Crippen molar-refractivity contribution in [1.82, 2.24) is 0 Å². The van der Waals surface area contributed by atoms with Crippen molar-refractivity contribution in [3.05, 3.63) is 0 Å². The molecule has 72 valence electrons. The molecule has 12 heavy (non-hydrogen) atoms. The summed E-state index contributed by atoms with van der Waals surface area (Å²) in [6.45, 7) is 3.33. The Kier molecular flexibility index (Phi) is 6.89. The first kappa shape index (κ1) is 15.2. The molecule has 0 fully saturated rings. The Morgan fingerprint density at radius 1 is 0.917 bits per heavy atom. The summed E-state index contributed by atoms with van der Waals surface area (Å²) in [7, 11) is 4.18. The monoisotopic (exact) mass is 344 g/mol. The topological polar surface area (TPSA) is 47.9 Å². The number of rotatable bonds is 4. The van der Waals surface area contributed by atoms with E-state index in [0.29, 0.717) is 0 Å². The minimum atomic E-state index is -1.69. The van der Waals surface area contributed by atoms with Crippen molar-refractivity contribution in [1.29, 1.82) is 0 Å². The molecule has 0 radical (unpaired) electrons. The zero-order valence-electron chi connectivity index (χ0n) is 8.17. The van der Waals surface area contributed by atoms with E-state index in [-0.39, 0.29) is 25.8 Å². The van der Waals surface area contributed by atoms with Gasteiger partial charge < -0.3 is 19.3 Å². The van der Waals surface area contributed by atoms with Crippen LogP contribution in [0.25, 0.3) is 0 Å². The smallest absolute Gasteiger partial charge is 0.310 e. The number of hydrogen-bond donors (Lipinski definition) is 1. The molecule has 0 unspecified atom stereocenters. The van der Waals surface area contributed by atoms with Gasteiger partial charge in [0.1, 0.15) is 5.60 Å². The number of aliphatic hydroxyl groups is 1. The predicted octanol–water partition coefficient (Wildman–Crippen LogP) is 0.348. The van der Waals surface area contributed by atoms with Crippen LogP contribution in [-0.4, -0.2) is 38.0 Å². The minimum absolute atomic E-state index is 0. The Balaban J connectivity index is 0. The zero-order valence-corrected chi connectivity index (χ0v) is 11.8. The van der Waals surface area contributed by atoms with E-state index in [1.54, 1.807) is 13.8 Å². The van der Waals surface area contributed by atoms with Crippen LogP contribution in [0.4, 0.5) is 0 Å². The molecular weight excluding hydrogens is 327 g/mol. The van der Waals surface area contributed by atoms with Crippen LogP contribution in [0.5, 0.6) is 0 Å². The third-order valence-corrected chi connectivity index (χ3v) is 1.82. The first-order valence-electron chi connectivity index (χ1n) is 3.31. The largest absolute Gasteiger partial charge is 0.370 e. The number of ether oxygens (including phenoxy) is 3. The molecule has 1 N–H and O–H groups in total. The molecule has 0 aliphatic carbocycles. The zero-order chi connectivity index (χ0) is 9.12. The van der Waals surface area contributed by atoms with Crippen LogP contribution >= 0.6 is 0 Å². The Hall–Kier alpha value is 0.710. The summed E-state index contributed by atoms with van der Waals surface area (Å²) in [5.41, 5.74) is -0.892. The van der Waals surface area contributed by atoms with Crippen LogP contribution in [0.1, 0.15) is 13.8 Å². The van der Waals surface area contributed by atoms with Crippen LogP contribution in [-0.2, 0) is 40.1 Å². The van der Waals surface area contributed by atoms with Crippen LogP contribution in [0.15, 0.2) is 0 Å². The van der Waals surface area contributed by atoms with E-state index in [4.69, 9.17) is 14.2 Å². The summed E-state index contributed by atoms with van der Waals surface area (Å²) in [5.74, 6) is -1.69. The Labute approximate surface area is 92.0 Å². The van der Waals surface area contributed by atoms with Gasteiger partial charge in [-0.2, -0.15) is 0 Å². The molecule has 0 heterocycles. The van der Waals surface area contributed by atoms with E-state index in [0.717, 1.165) is 0 Å². The van der Waals surface area contributed by atoms with E-state index in [1.165, 1.54) is 21.3 Å². The van der Waals surface area contributed by atoms with Crippen molar-refractivity contribution >= 4 is 0 Å². The van der Waals surface area contributed by atoms with Crippen molar-refractivity contribution < 1.29 is 45.2 Å². The summed E-state index contributed by atoms with van der Waals surface area (Å²) in [4.78, 5) is 0. The third kappa shape index (κ3) is 2.88. The number of hydrogen-bond acceptors (Lipinski definition) is 4. The molecule has 4 nitrogen and oxygen atoms in total. The first-order valence-corrected chi connectivity index (χ1v) is 3.31. The van der Waals surface area contributed by atoms with E-state index in [1.807, 2.05) is 0 Å². The molecule has 0 atom stereocenters. The van der Waals surface area contributed by atoms with Gasteiger partial charge in [-0.05, 0) is 13.8 Å². The second-order valence-electron chi connectivity index (χ2n) is 2.70. The van der Waals surface area contributed by atoms with Crippen LogP contribution in [0.2, 0.25) is 0 Å². The Morgan fingerprint density at radius 3 is 1.33 bits per heavy atom. The molecule has 0 aliphatic heterocycles. The fourth-order valence-corrected chi connectivity index (χ4v) is 0.704. The van der Waals surface area contributed by atoms with E-state index in [9.17, 15) is 5.11 Å². The maximum absolute atomic E-state index is 9.59. The van der Waals surface area contributed by atoms with Crippen LogP contribution < -0.4 is 0 Å². The quantitative estimate of drug-likeness (QED) is 0.591. The molecule has 0 rings (SSSR count). The fraction of sp³-hybridized carbons (Fsp3) is 1.00. The Bertz CT molecular complexity index is 123. The third-order valence-electron chi connectivity index (χ3n) is 1.82. The van der Waals surface area contributed by atoms with Crippen molar-refractivity contribution in [2.45, 2.75) is 25.4 Å². The molecule has 0 bridgehead atoms. The fourth-order valence-electron chi connectivity index (χ4n) is 0.704. The molecule has 5 heteroatoms. The molecule has 0 saturated carbocycles. The molecular formula is C7H16HfO4.